The zero-order valence-electron chi connectivity index (χ0n) is 10.0. The molecule has 0 spiro atoms. The van der Waals surface area contributed by atoms with Gasteiger partial charge in [-0.2, -0.15) is 0 Å². The van der Waals surface area contributed by atoms with E-state index in [4.69, 9.17) is 11.6 Å². The maximum absolute atomic E-state index is 11.8. The molecule has 92 valence electrons. The number of rotatable bonds is 3. The first-order valence-electron chi connectivity index (χ1n) is 5.93. The van der Waals surface area contributed by atoms with Crippen molar-refractivity contribution in [3.63, 3.8) is 0 Å². The molecule has 3 nitrogen and oxygen atoms in total. The van der Waals surface area contributed by atoms with Crippen LogP contribution in [0.4, 0.5) is 5.69 Å². The van der Waals surface area contributed by atoms with Gasteiger partial charge >= 0.3 is 0 Å². The van der Waals surface area contributed by atoms with Crippen LogP contribution in [0.5, 0.6) is 0 Å². The summed E-state index contributed by atoms with van der Waals surface area (Å²) in [6, 6.07) is 5.64. The van der Waals surface area contributed by atoms with Gasteiger partial charge in [-0.1, -0.05) is 17.7 Å². The molecule has 1 aromatic rings. The highest BCUT2D eigenvalue weighted by Crippen LogP contribution is 2.22. The first-order valence-corrected chi connectivity index (χ1v) is 6.31. The number of halogens is 1. The summed E-state index contributed by atoms with van der Waals surface area (Å²) in [4.78, 5) is 14.0. The molecule has 1 fully saturated rings. The number of carbonyl (C=O) groups is 1. The first-order chi connectivity index (χ1) is 8.15. The lowest BCUT2D eigenvalue weighted by molar-refractivity contribution is -0.117. The van der Waals surface area contributed by atoms with Crippen molar-refractivity contribution in [3.8, 4) is 0 Å². The van der Waals surface area contributed by atoms with E-state index in [9.17, 15) is 4.79 Å². The van der Waals surface area contributed by atoms with Gasteiger partial charge in [0.2, 0.25) is 5.91 Å². The fraction of sp³-hybridized carbons (Fsp3) is 0.462. The lowest BCUT2D eigenvalue weighted by Gasteiger charge is -2.14. The Hall–Kier alpha value is -1.06. The quantitative estimate of drug-likeness (QED) is 0.897. The molecule has 1 aromatic carbocycles. The molecule has 1 amide bonds. The van der Waals surface area contributed by atoms with E-state index in [-0.39, 0.29) is 5.91 Å². The Balaban J connectivity index is 1.93. The molecule has 0 bridgehead atoms. The van der Waals surface area contributed by atoms with Gasteiger partial charge < -0.3 is 5.32 Å². The number of hydrogen-bond donors (Lipinski definition) is 1. The van der Waals surface area contributed by atoms with Crippen molar-refractivity contribution in [2.75, 3.05) is 25.0 Å². The molecule has 0 aromatic heterocycles. The second-order valence-corrected chi connectivity index (χ2v) is 4.92. The van der Waals surface area contributed by atoms with Gasteiger partial charge in [-0.05, 0) is 50.6 Å². The molecule has 1 aliphatic rings. The van der Waals surface area contributed by atoms with Crippen LogP contribution >= 0.6 is 11.6 Å². The van der Waals surface area contributed by atoms with E-state index in [1.165, 1.54) is 12.8 Å². The highest BCUT2D eigenvalue weighted by Gasteiger charge is 2.15. The van der Waals surface area contributed by atoms with Crippen LogP contribution in [-0.4, -0.2) is 30.4 Å². The number of amides is 1. The molecule has 0 radical (unpaired) electrons. The maximum atomic E-state index is 11.8. The number of benzene rings is 1. The van der Waals surface area contributed by atoms with Gasteiger partial charge in [-0.3, -0.25) is 9.69 Å². The van der Waals surface area contributed by atoms with Gasteiger partial charge in [0.05, 0.1) is 17.3 Å². The van der Waals surface area contributed by atoms with Crippen molar-refractivity contribution < 1.29 is 4.79 Å². The fourth-order valence-electron chi connectivity index (χ4n) is 2.06. The van der Waals surface area contributed by atoms with E-state index >= 15 is 0 Å². The second-order valence-electron chi connectivity index (χ2n) is 4.51. The summed E-state index contributed by atoms with van der Waals surface area (Å²) in [7, 11) is 0. The van der Waals surface area contributed by atoms with E-state index in [0.29, 0.717) is 17.3 Å². The summed E-state index contributed by atoms with van der Waals surface area (Å²) in [5, 5.41) is 3.45. The average Bonchev–Trinajstić information content (AvgIpc) is 2.75. The van der Waals surface area contributed by atoms with Crippen LogP contribution in [0.2, 0.25) is 5.02 Å². The minimum atomic E-state index is 0.0117. The Kier molecular flexibility index (Phi) is 4.02. The van der Waals surface area contributed by atoms with Crippen molar-refractivity contribution in [1.29, 1.82) is 0 Å². The Morgan fingerprint density at radius 1 is 1.41 bits per heavy atom. The van der Waals surface area contributed by atoms with Gasteiger partial charge in [0, 0.05) is 0 Å². The molecular formula is C13H17ClN2O. The molecule has 1 heterocycles. The van der Waals surface area contributed by atoms with Crippen LogP contribution in [0.25, 0.3) is 0 Å². The number of likely N-dealkylation sites (tertiary alicyclic amines) is 1. The molecule has 2 rings (SSSR count). The van der Waals surface area contributed by atoms with Crippen LogP contribution < -0.4 is 5.32 Å². The van der Waals surface area contributed by atoms with Gasteiger partial charge in [0.25, 0.3) is 0 Å². The third kappa shape index (κ3) is 3.45. The van der Waals surface area contributed by atoms with E-state index in [2.05, 4.69) is 10.2 Å². The molecule has 4 heteroatoms. The van der Waals surface area contributed by atoms with Crippen molar-refractivity contribution in [1.82, 2.24) is 4.90 Å². The third-order valence-electron chi connectivity index (χ3n) is 2.96. The highest BCUT2D eigenvalue weighted by molar-refractivity contribution is 6.33. The molecule has 0 aliphatic carbocycles. The Bertz CT molecular complexity index is 414. The van der Waals surface area contributed by atoms with Crippen LogP contribution in [-0.2, 0) is 4.79 Å². The molecule has 1 aliphatic heterocycles. The number of hydrogen-bond acceptors (Lipinski definition) is 2. The predicted octanol–water partition coefficient (Wildman–Crippen LogP) is 2.68. The normalized spacial score (nSPS) is 16.1. The standard InChI is InChI=1S/C13H17ClN2O/c1-10-4-5-12(11(14)8-10)15-13(17)9-16-6-2-3-7-16/h4-5,8H,2-3,6-7,9H2,1H3,(H,15,17). The molecule has 0 unspecified atom stereocenters. The topological polar surface area (TPSA) is 32.3 Å². The summed E-state index contributed by atoms with van der Waals surface area (Å²) in [6.45, 7) is 4.48. The first kappa shape index (κ1) is 12.4. The minimum Gasteiger partial charge on any atom is -0.324 e. The summed E-state index contributed by atoms with van der Waals surface area (Å²) in [5.41, 5.74) is 1.79. The fourth-order valence-corrected chi connectivity index (χ4v) is 2.34. The molecule has 0 atom stereocenters. The van der Waals surface area contributed by atoms with Crippen LogP contribution in [0, 0.1) is 6.92 Å². The second kappa shape index (κ2) is 5.52. The number of carbonyl (C=O) groups excluding carboxylic acids is 1. The average molecular weight is 253 g/mol. The summed E-state index contributed by atoms with van der Waals surface area (Å²) >= 11 is 6.06. The molecule has 0 saturated carbocycles. The Morgan fingerprint density at radius 2 is 2.12 bits per heavy atom. The van der Waals surface area contributed by atoms with E-state index in [1.807, 2.05) is 25.1 Å². The van der Waals surface area contributed by atoms with Gasteiger partial charge in [-0.25, -0.2) is 0 Å². The largest absolute Gasteiger partial charge is 0.324 e. The SMILES string of the molecule is Cc1ccc(NC(=O)CN2CCCC2)c(Cl)c1. The molecule has 1 N–H and O–H groups in total. The molecule has 17 heavy (non-hydrogen) atoms. The number of nitrogens with one attached hydrogen (secondary N) is 1. The van der Waals surface area contributed by atoms with E-state index in [1.54, 1.807) is 0 Å². The molecule has 1 saturated heterocycles. The molecular weight excluding hydrogens is 236 g/mol. The van der Waals surface area contributed by atoms with Crippen LogP contribution in [0.1, 0.15) is 18.4 Å². The van der Waals surface area contributed by atoms with Crippen molar-refractivity contribution in [2.24, 2.45) is 0 Å². The predicted molar refractivity (Wildman–Crippen MR) is 70.5 cm³/mol. The minimum absolute atomic E-state index is 0.0117. The van der Waals surface area contributed by atoms with Crippen molar-refractivity contribution >= 4 is 23.2 Å². The monoisotopic (exact) mass is 252 g/mol. The Morgan fingerprint density at radius 3 is 2.76 bits per heavy atom. The lowest BCUT2D eigenvalue weighted by Crippen LogP contribution is -2.30. The zero-order chi connectivity index (χ0) is 12.3. The van der Waals surface area contributed by atoms with Crippen molar-refractivity contribution in [2.45, 2.75) is 19.8 Å². The van der Waals surface area contributed by atoms with Crippen molar-refractivity contribution in [3.05, 3.63) is 28.8 Å². The van der Waals surface area contributed by atoms with Gasteiger partial charge in [0.15, 0.2) is 0 Å². The lowest BCUT2D eigenvalue weighted by atomic mass is 10.2. The van der Waals surface area contributed by atoms with E-state index in [0.717, 1.165) is 18.7 Å². The summed E-state index contributed by atoms with van der Waals surface area (Å²) in [5.74, 6) is 0.0117. The zero-order valence-corrected chi connectivity index (χ0v) is 10.8. The smallest absolute Gasteiger partial charge is 0.238 e. The van der Waals surface area contributed by atoms with Crippen LogP contribution in [0.15, 0.2) is 18.2 Å². The third-order valence-corrected chi connectivity index (χ3v) is 3.28. The van der Waals surface area contributed by atoms with Crippen LogP contribution in [0.3, 0.4) is 0 Å². The Labute approximate surface area is 107 Å². The summed E-state index contributed by atoms with van der Waals surface area (Å²) in [6.07, 6.45) is 2.39. The number of nitrogens with zero attached hydrogens (tertiary/aromatic N) is 1. The van der Waals surface area contributed by atoms with Gasteiger partial charge in [0.1, 0.15) is 0 Å². The summed E-state index contributed by atoms with van der Waals surface area (Å²) < 4.78 is 0. The van der Waals surface area contributed by atoms with Gasteiger partial charge in [-0.15, -0.1) is 0 Å². The number of aryl methyl sites for hydroxylation is 1. The highest BCUT2D eigenvalue weighted by atomic mass is 35.5. The number of anilines is 1. The maximum Gasteiger partial charge on any atom is 0.238 e. The van der Waals surface area contributed by atoms with E-state index < -0.39 is 0 Å².